The van der Waals surface area contributed by atoms with E-state index < -0.39 is 0 Å². The maximum Gasteiger partial charge on any atom is 0.311 e. The molecule has 1 N–H and O–H groups in total. The third kappa shape index (κ3) is 5.71. The average Bonchev–Trinajstić information content (AvgIpc) is 3.22. The van der Waals surface area contributed by atoms with Crippen LogP contribution >= 0.6 is 0 Å². The lowest BCUT2D eigenvalue weighted by molar-refractivity contribution is -0.134. The topological polar surface area (TPSA) is 90.7 Å². The van der Waals surface area contributed by atoms with Crippen molar-refractivity contribution in [2.75, 3.05) is 6.54 Å². The van der Waals surface area contributed by atoms with E-state index >= 15 is 0 Å². The molecule has 0 unspecified atom stereocenters. The van der Waals surface area contributed by atoms with E-state index in [1.165, 1.54) is 6.26 Å². The van der Waals surface area contributed by atoms with Gasteiger partial charge in [-0.05, 0) is 48.9 Å². The first-order valence-electron chi connectivity index (χ1n) is 8.42. The zero-order valence-electron chi connectivity index (χ0n) is 14.5. The normalized spacial score (nSPS) is 10.2. The summed E-state index contributed by atoms with van der Waals surface area (Å²) >= 11 is 0. The van der Waals surface area contributed by atoms with E-state index in [0.29, 0.717) is 30.3 Å². The highest BCUT2D eigenvalue weighted by Crippen LogP contribution is 2.22. The van der Waals surface area contributed by atoms with Crippen molar-refractivity contribution in [2.24, 2.45) is 0 Å². The Morgan fingerprint density at radius 3 is 2.52 bits per heavy atom. The van der Waals surface area contributed by atoms with Crippen molar-refractivity contribution in [1.29, 1.82) is 0 Å². The van der Waals surface area contributed by atoms with Gasteiger partial charge >= 0.3 is 5.97 Å². The summed E-state index contributed by atoms with van der Waals surface area (Å²) in [4.78, 5) is 27.6. The summed E-state index contributed by atoms with van der Waals surface area (Å²) in [7, 11) is 0. The van der Waals surface area contributed by atoms with Crippen LogP contribution in [0.3, 0.4) is 0 Å². The standard InChI is InChI=1S/C20H18N2O5/c23-19(7-3-13-22-20(24)17-5-4-14-25-17)27-16-10-8-15(9-11-16)26-18-6-1-2-12-21-18/h1-2,4-6,8-12,14H,3,7,13H2,(H,22,24). The average molecular weight is 366 g/mol. The van der Waals surface area contributed by atoms with Crippen LogP contribution in [0.4, 0.5) is 0 Å². The quantitative estimate of drug-likeness (QED) is 0.372. The first-order chi connectivity index (χ1) is 13.2. The Hall–Kier alpha value is -3.61. The van der Waals surface area contributed by atoms with Crippen LogP contribution in [0.1, 0.15) is 23.4 Å². The maximum absolute atomic E-state index is 11.9. The Balaban J connectivity index is 1.38. The van der Waals surface area contributed by atoms with E-state index in [-0.39, 0.29) is 24.1 Å². The first kappa shape index (κ1) is 18.2. The van der Waals surface area contributed by atoms with Gasteiger partial charge in [-0.3, -0.25) is 9.59 Å². The van der Waals surface area contributed by atoms with Gasteiger partial charge in [-0.2, -0.15) is 0 Å². The van der Waals surface area contributed by atoms with Gasteiger partial charge in [0.2, 0.25) is 5.88 Å². The second-order valence-electron chi connectivity index (χ2n) is 5.55. The lowest BCUT2D eigenvalue weighted by Gasteiger charge is -2.07. The summed E-state index contributed by atoms with van der Waals surface area (Å²) < 4.78 is 15.8. The van der Waals surface area contributed by atoms with Gasteiger partial charge in [-0.15, -0.1) is 0 Å². The third-order valence-electron chi connectivity index (χ3n) is 3.50. The van der Waals surface area contributed by atoms with Crippen molar-refractivity contribution in [1.82, 2.24) is 10.3 Å². The predicted molar refractivity (Wildman–Crippen MR) is 96.7 cm³/mol. The molecule has 0 aliphatic heterocycles. The molecule has 0 radical (unpaired) electrons. The molecule has 7 heteroatoms. The van der Waals surface area contributed by atoms with Crippen LogP contribution in [-0.4, -0.2) is 23.4 Å². The summed E-state index contributed by atoms with van der Waals surface area (Å²) in [5.41, 5.74) is 0. The Labute approximate surface area is 155 Å². The smallest absolute Gasteiger partial charge is 0.311 e. The number of carbonyl (C=O) groups is 2. The number of ether oxygens (including phenoxy) is 2. The molecule has 3 aromatic rings. The van der Waals surface area contributed by atoms with Gasteiger partial charge < -0.3 is 19.2 Å². The second kappa shape index (κ2) is 9.19. The highest BCUT2D eigenvalue weighted by atomic mass is 16.5. The number of pyridine rings is 1. The van der Waals surface area contributed by atoms with Gasteiger partial charge in [0.1, 0.15) is 11.5 Å². The Bertz CT molecular complexity index is 861. The number of nitrogens with zero attached hydrogens (tertiary/aromatic N) is 1. The largest absolute Gasteiger partial charge is 0.459 e. The number of aromatic nitrogens is 1. The van der Waals surface area contributed by atoms with Gasteiger partial charge in [0.25, 0.3) is 5.91 Å². The van der Waals surface area contributed by atoms with E-state index in [9.17, 15) is 9.59 Å². The minimum Gasteiger partial charge on any atom is -0.459 e. The van der Waals surface area contributed by atoms with Gasteiger partial charge in [-0.1, -0.05) is 6.07 Å². The number of esters is 1. The summed E-state index contributed by atoms with van der Waals surface area (Å²) in [5, 5.41) is 2.67. The van der Waals surface area contributed by atoms with E-state index in [1.807, 2.05) is 6.07 Å². The molecule has 1 aromatic carbocycles. The third-order valence-corrected chi connectivity index (χ3v) is 3.50. The SMILES string of the molecule is O=C(CCCNC(=O)c1ccco1)Oc1ccc(Oc2ccccn2)cc1. The van der Waals surface area contributed by atoms with Gasteiger partial charge in [-0.25, -0.2) is 4.98 Å². The van der Waals surface area contributed by atoms with Crippen molar-refractivity contribution >= 4 is 11.9 Å². The van der Waals surface area contributed by atoms with Gasteiger partial charge in [0, 0.05) is 25.2 Å². The molecular formula is C20H18N2O5. The van der Waals surface area contributed by atoms with Crippen LogP contribution in [0.15, 0.2) is 71.5 Å². The molecule has 1 amide bonds. The molecule has 3 rings (SSSR count). The molecule has 0 fully saturated rings. The zero-order valence-corrected chi connectivity index (χ0v) is 14.5. The number of hydrogen-bond donors (Lipinski definition) is 1. The molecule has 7 nitrogen and oxygen atoms in total. The van der Waals surface area contributed by atoms with Crippen molar-refractivity contribution in [3.05, 3.63) is 72.8 Å². The molecule has 0 atom stereocenters. The van der Waals surface area contributed by atoms with Crippen molar-refractivity contribution in [3.8, 4) is 17.4 Å². The number of hydrogen-bond acceptors (Lipinski definition) is 6. The Morgan fingerprint density at radius 2 is 1.81 bits per heavy atom. The van der Waals surface area contributed by atoms with Crippen LogP contribution in [0.2, 0.25) is 0 Å². The summed E-state index contributed by atoms with van der Waals surface area (Å²) in [5.74, 6) is 1.06. The van der Waals surface area contributed by atoms with Gasteiger partial charge in [0.05, 0.1) is 6.26 Å². The van der Waals surface area contributed by atoms with E-state index in [4.69, 9.17) is 13.9 Å². The fourth-order valence-corrected chi connectivity index (χ4v) is 2.22. The summed E-state index contributed by atoms with van der Waals surface area (Å²) in [6, 6.07) is 15.3. The zero-order chi connectivity index (χ0) is 18.9. The van der Waals surface area contributed by atoms with Crippen LogP contribution < -0.4 is 14.8 Å². The number of furan rings is 1. The van der Waals surface area contributed by atoms with E-state index in [1.54, 1.807) is 54.7 Å². The van der Waals surface area contributed by atoms with Crippen LogP contribution in [-0.2, 0) is 4.79 Å². The lowest BCUT2D eigenvalue weighted by atomic mass is 10.3. The Morgan fingerprint density at radius 1 is 1.00 bits per heavy atom. The van der Waals surface area contributed by atoms with Crippen molar-refractivity contribution in [3.63, 3.8) is 0 Å². The molecule has 0 saturated heterocycles. The van der Waals surface area contributed by atoms with Crippen molar-refractivity contribution in [2.45, 2.75) is 12.8 Å². The predicted octanol–water partition coefficient (Wildman–Crippen LogP) is 3.58. The first-order valence-corrected chi connectivity index (χ1v) is 8.42. The van der Waals surface area contributed by atoms with E-state index in [2.05, 4.69) is 10.3 Å². The maximum atomic E-state index is 11.9. The number of amides is 1. The fourth-order valence-electron chi connectivity index (χ4n) is 2.22. The highest BCUT2D eigenvalue weighted by molar-refractivity contribution is 5.91. The minimum atomic E-state index is -0.374. The van der Waals surface area contributed by atoms with Crippen LogP contribution in [0, 0.1) is 0 Å². The molecule has 2 aromatic heterocycles. The molecule has 0 bridgehead atoms. The number of benzene rings is 1. The molecule has 2 heterocycles. The van der Waals surface area contributed by atoms with Crippen LogP contribution in [0.5, 0.6) is 17.4 Å². The highest BCUT2D eigenvalue weighted by Gasteiger charge is 2.09. The number of carbonyl (C=O) groups excluding carboxylic acids is 2. The molecule has 0 aliphatic carbocycles. The Kier molecular flexibility index (Phi) is 6.19. The lowest BCUT2D eigenvalue weighted by Crippen LogP contribution is -2.24. The second-order valence-corrected chi connectivity index (χ2v) is 5.55. The molecule has 0 aliphatic rings. The van der Waals surface area contributed by atoms with E-state index in [0.717, 1.165) is 0 Å². The summed E-state index contributed by atoms with van der Waals surface area (Å²) in [6.45, 7) is 0.353. The molecular weight excluding hydrogens is 348 g/mol. The van der Waals surface area contributed by atoms with Gasteiger partial charge in [0.15, 0.2) is 5.76 Å². The minimum absolute atomic E-state index is 0.185. The van der Waals surface area contributed by atoms with Crippen LogP contribution in [0.25, 0.3) is 0 Å². The monoisotopic (exact) mass is 366 g/mol. The number of rotatable bonds is 8. The molecule has 0 spiro atoms. The molecule has 0 saturated carbocycles. The molecule has 138 valence electrons. The molecule has 27 heavy (non-hydrogen) atoms. The number of nitrogens with one attached hydrogen (secondary N) is 1. The fraction of sp³-hybridized carbons (Fsp3) is 0.150. The summed E-state index contributed by atoms with van der Waals surface area (Å²) in [6.07, 6.45) is 3.72. The van der Waals surface area contributed by atoms with Crippen molar-refractivity contribution < 1.29 is 23.5 Å².